The van der Waals surface area contributed by atoms with Crippen LogP contribution in [0.3, 0.4) is 0 Å². The number of hydrogen-bond acceptors (Lipinski definition) is 2. The van der Waals surface area contributed by atoms with E-state index < -0.39 is 34.9 Å². The molecule has 0 bridgehead atoms. The Hall–Kier alpha value is -1.60. The molecular weight excluding hydrogens is 240 g/mol. The lowest BCUT2D eigenvalue weighted by atomic mass is 10.0. The number of rotatable bonds is 0. The van der Waals surface area contributed by atoms with E-state index >= 15 is 0 Å². The summed E-state index contributed by atoms with van der Waals surface area (Å²) in [6.45, 7) is 0. The van der Waals surface area contributed by atoms with Crippen molar-refractivity contribution in [1.82, 2.24) is 0 Å². The molecule has 0 spiro atoms. The van der Waals surface area contributed by atoms with Crippen LogP contribution in [0.15, 0.2) is 12.1 Å². The fourth-order valence-corrected chi connectivity index (χ4v) is 1.07. The van der Waals surface area contributed by atoms with Crippen molar-refractivity contribution < 1.29 is 31.4 Å². The van der Waals surface area contributed by atoms with E-state index in [1.807, 2.05) is 0 Å². The molecule has 1 aromatic rings. The first-order valence-electron chi connectivity index (χ1n) is 3.80. The molecule has 8 heteroatoms. The highest BCUT2D eigenvalue weighted by Crippen LogP contribution is 2.43. The standard InChI is InChI=1S/C8H5F6NO/c9-7(10,11)3-1-5(15)6(16)2-4(3)8(12,13)14/h1-2,16H,15H2. The van der Waals surface area contributed by atoms with E-state index in [4.69, 9.17) is 10.8 Å². The zero-order valence-corrected chi connectivity index (χ0v) is 7.45. The third-order valence-electron chi connectivity index (χ3n) is 1.78. The van der Waals surface area contributed by atoms with Crippen LogP contribution in [0, 0.1) is 0 Å². The summed E-state index contributed by atoms with van der Waals surface area (Å²) in [5.74, 6) is -1.04. The minimum absolute atomic E-state index is 0.0435. The van der Waals surface area contributed by atoms with Gasteiger partial charge in [0.2, 0.25) is 0 Å². The molecule has 0 heterocycles. The van der Waals surface area contributed by atoms with Crippen molar-refractivity contribution in [2.75, 3.05) is 5.73 Å². The van der Waals surface area contributed by atoms with Gasteiger partial charge in [-0.25, -0.2) is 0 Å². The van der Waals surface area contributed by atoms with Gasteiger partial charge in [-0.15, -0.1) is 0 Å². The quantitative estimate of drug-likeness (QED) is 0.419. The molecule has 0 aliphatic carbocycles. The summed E-state index contributed by atoms with van der Waals surface area (Å²) >= 11 is 0. The van der Waals surface area contributed by atoms with Gasteiger partial charge in [0, 0.05) is 0 Å². The number of anilines is 1. The van der Waals surface area contributed by atoms with Gasteiger partial charge in [0.15, 0.2) is 0 Å². The van der Waals surface area contributed by atoms with Crippen LogP contribution in [-0.4, -0.2) is 5.11 Å². The normalized spacial score (nSPS) is 12.9. The molecule has 3 N–H and O–H groups in total. The molecular formula is C8H5F6NO. The molecule has 0 amide bonds. The van der Waals surface area contributed by atoms with Gasteiger partial charge in [0.25, 0.3) is 0 Å². The maximum atomic E-state index is 12.3. The minimum atomic E-state index is -5.21. The Morgan fingerprint density at radius 2 is 1.25 bits per heavy atom. The van der Waals surface area contributed by atoms with Gasteiger partial charge < -0.3 is 10.8 Å². The lowest BCUT2D eigenvalue weighted by Crippen LogP contribution is -2.16. The van der Waals surface area contributed by atoms with Crippen LogP contribution in [0.2, 0.25) is 0 Å². The van der Waals surface area contributed by atoms with Crippen molar-refractivity contribution >= 4 is 5.69 Å². The average Bonchev–Trinajstić information content (AvgIpc) is 2.05. The van der Waals surface area contributed by atoms with E-state index in [1.54, 1.807) is 0 Å². The molecule has 0 aliphatic heterocycles. The highest BCUT2D eigenvalue weighted by molar-refractivity contribution is 5.57. The van der Waals surface area contributed by atoms with Crippen LogP contribution >= 0.6 is 0 Å². The zero-order chi connectivity index (χ0) is 12.7. The summed E-state index contributed by atoms with van der Waals surface area (Å²) in [5.41, 5.74) is 0.262. The predicted molar refractivity (Wildman–Crippen MR) is 42.5 cm³/mol. The predicted octanol–water partition coefficient (Wildman–Crippen LogP) is 3.01. The van der Waals surface area contributed by atoms with Gasteiger partial charge in [-0.1, -0.05) is 0 Å². The van der Waals surface area contributed by atoms with Gasteiger partial charge in [-0.2, -0.15) is 26.3 Å². The molecule has 0 radical (unpaired) electrons. The van der Waals surface area contributed by atoms with Crippen LogP contribution in [0.1, 0.15) is 11.1 Å². The molecule has 2 nitrogen and oxygen atoms in total. The van der Waals surface area contributed by atoms with Crippen molar-refractivity contribution in [3.05, 3.63) is 23.3 Å². The number of hydrogen-bond donors (Lipinski definition) is 2. The highest BCUT2D eigenvalue weighted by Gasteiger charge is 2.43. The number of phenols is 1. The first kappa shape index (κ1) is 12.5. The van der Waals surface area contributed by atoms with Gasteiger partial charge in [0.05, 0.1) is 16.8 Å². The third kappa shape index (κ3) is 2.31. The summed E-state index contributed by atoms with van der Waals surface area (Å²) in [5, 5.41) is 8.86. The highest BCUT2D eigenvalue weighted by atomic mass is 19.4. The smallest absolute Gasteiger partial charge is 0.417 e. The Morgan fingerprint density at radius 1 is 0.875 bits per heavy atom. The second-order valence-corrected chi connectivity index (χ2v) is 2.95. The largest absolute Gasteiger partial charge is 0.506 e. The van der Waals surface area contributed by atoms with Crippen molar-refractivity contribution in [3.8, 4) is 5.75 Å². The van der Waals surface area contributed by atoms with E-state index in [1.165, 1.54) is 0 Å². The van der Waals surface area contributed by atoms with E-state index in [-0.39, 0.29) is 12.1 Å². The lowest BCUT2D eigenvalue weighted by Gasteiger charge is -2.16. The number of phenolic OH excluding ortho intramolecular Hbond substituents is 1. The fourth-order valence-electron chi connectivity index (χ4n) is 1.07. The molecule has 0 fully saturated rings. The van der Waals surface area contributed by atoms with Crippen LogP contribution in [0.5, 0.6) is 5.75 Å². The maximum absolute atomic E-state index is 12.3. The molecule has 0 atom stereocenters. The maximum Gasteiger partial charge on any atom is 0.417 e. The number of nitrogen functional groups attached to an aromatic ring is 1. The molecule has 0 aromatic heterocycles. The summed E-state index contributed by atoms with van der Waals surface area (Å²) in [6.07, 6.45) is -10.4. The Balaban J connectivity index is 3.53. The molecule has 0 aliphatic rings. The van der Waals surface area contributed by atoms with Crippen molar-refractivity contribution in [2.24, 2.45) is 0 Å². The average molecular weight is 245 g/mol. The van der Waals surface area contributed by atoms with Gasteiger partial charge in [-0.3, -0.25) is 0 Å². The second-order valence-electron chi connectivity index (χ2n) is 2.95. The van der Waals surface area contributed by atoms with Gasteiger partial charge in [0.1, 0.15) is 5.75 Å². The summed E-state index contributed by atoms with van der Waals surface area (Å²) < 4.78 is 73.5. The lowest BCUT2D eigenvalue weighted by molar-refractivity contribution is -0.162. The molecule has 1 rings (SSSR count). The van der Waals surface area contributed by atoms with E-state index in [0.29, 0.717) is 0 Å². The fraction of sp³-hybridized carbons (Fsp3) is 0.250. The molecule has 0 saturated heterocycles. The van der Waals surface area contributed by atoms with Crippen LogP contribution in [0.25, 0.3) is 0 Å². The topological polar surface area (TPSA) is 46.2 Å². The van der Waals surface area contributed by atoms with Gasteiger partial charge in [-0.05, 0) is 12.1 Å². The number of nitrogens with two attached hydrogens (primary N) is 1. The van der Waals surface area contributed by atoms with Gasteiger partial charge >= 0.3 is 12.4 Å². The van der Waals surface area contributed by atoms with Crippen LogP contribution < -0.4 is 5.73 Å². The Bertz CT molecular complexity index is 369. The first-order chi connectivity index (χ1) is 7.03. The van der Waals surface area contributed by atoms with Crippen molar-refractivity contribution in [3.63, 3.8) is 0 Å². The Labute approximate surface area is 85.3 Å². The molecule has 90 valence electrons. The second kappa shape index (κ2) is 3.46. The first-order valence-corrected chi connectivity index (χ1v) is 3.80. The Morgan fingerprint density at radius 3 is 1.62 bits per heavy atom. The van der Waals surface area contributed by atoms with E-state index in [2.05, 4.69) is 0 Å². The van der Waals surface area contributed by atoms with E-state index in [9.17, 15) is 26.3 Å². The number of aromatic hydroxyl groups is 1. The van der Waals surface area contributed by atoms with Crippen molar-refractivity contribution in [1.29, 1.82) is 0 Å². The monoisotopic (exact) mass is 245 g/mol. The van der Waals surface area contributed by atoms with Crippen LogP contribution in [0.4, 0.5) is 32.0 Å². The third-order valence-corrected chi connectivity index (χ3v) is 1.78. The molecule has 1 aromatic carbocycles. The zero-order valence-electron chi connectivity index (χ0n) is 7.45. The van der Waals surface area contributed by atoms with Crippen LogP contribution in [-0.2, 0) is 12.4 Å². The summed E-state index contributed by atoms with van der Waals surface area (Å²) in [4.78, 5) is 0. The Kier molecular flexibility index (Phi) is 2.70. The molecule has 16 heavy (non-hydrogen) atoms. The number of alkyl halides is 6. The van der Waals surface area contributed by atoms with Crippen molar-refractivity contribution in [2.45, 2.75) is 12.4 Å². The summed E-state index contributed by atoms with van der Waals surface area (Å²) in [7, 11) is 0. The SMILES string of the molecule is Nc1cc(C(F)(F)F)c(C(F)(F)F)cc1O. The number of benzene rings is 1. The molecule has 0 unspecified atom stereocenters. The minimum Gasteiger partial charge on any atom is -0.506 e. The summed E-state index contributed by atoms with van der Waals surface area (Å²) in [6, 6.07) is 0.0102. The number of halogens is 6. The molecule has 0 saturated carbocycles. The van der Waals surface area contributed by atoms with E-state index in [0.717, 1.165) is 0 Å².